The van der Waals surface area contributed by atoms with E-state index in [1.54, 1.807) is 24.3 Å². The van der Waals surface area contributed by atoms with Crippen LogP contribution in [0.15, 0.2) is 24.3 Å². The van der Waals surface area contributed by atoms with E-state index in [4.69, 9.17) is 5.73 Å². The van der Waals surface area contributed by atoms with Crippen LogP contribution in [0.5, 0.6) is 0 Å². The van der Waals surface area contributed by atoms with Crippen LogP contribution in [0.25, 0.3) is 10.9 Å². The molecule has 5 aliphatic rings. The van der Waals surface area contributed by atoms with Crippen molar-refractivity contribution in [2.75, 3.05) is 6.61 Å². The number of aliphatic hydroxyl groups is 1. The molecule has 1 saturated heterocycles. The van der Waals surface area contributed by atoms with Gasteiger partial charge < -0.3 is 21.1 Å². The summed E-state index contributed by atoms with van der Waals surface area (Å²) in [6.07, 6.45) is -3.32. The third-order valence-electron chi connectivity index (χ3n) is 8.78. The van der Waals surface area contributed by atoms with Crippen molar-refractivity contribution < 1.29 is 32.7 Å². The topological polar surface area (TPSA) is 131 Å². The van der Waals surface area contributed by atoms with E-state index in [1.807, 2.05) is 0 Å². The van der Waals surface area contributed by atoms with Crippen molar-refractivity contribution in [1.82, 2.24) is 20.0 Å². The van der Waals surface area contributed by atoms with Gasteiger partial charge >= 0.3 is 6.18 Å². The van der Waals surface area contributed by atoms with Crippen molar-refractivity contribution in [3.05, 3.63) is 30.0 Å². The molecule has 4 aliphatic carbocycles. The molecule has 9 nitrogen and oxygen atoms in total. The van der Waals surface area contributed by atoms with Crippen LogP contribution in [0.2, 0.25) is 0 Å². The second-order valence-corrected chi connectivity index (χ2v) is 10.9. The molecule has 1 aliphatic heterocycles. The lowest BCUT2D eigenvalue weighted by Gasteiger charge is -2.72. The number of rotatable bonds is 7. The van der Waals surface area contributed by atoms with Gasteiger partial charge in [-0.3, -0.25) is 19.1 Å². The maximum Gasteiger partial charge on any atom is 0.394 e. The zero-order valence-corrected chi connectivity index (χ0v) is 19.3. The Morgan fingerprint density at radius 3 is 2.53 bits per heavy atom. The number of para-hydroxylation sites is 1. The molecule has 2 heterocycles. The number of hydrogen-bond acceptors (Lipinski definition) is 5. The molecule has 192 valence electrons. The summed E-state index contributed by atoms with van der Waals surface area (Å²) < 4.78 is 41.2. The molecule has 2 bridgehead atoms. The number of halogens is 3. The molecule has 12 heteroatoms. The Hall–Kier alpha value is -3.15. The lowest BCUT2D eigenvalue weighted by Crippen LogP contribution is -2.75. The second kappa shape index (κ2) is 7.44. The first-order valence-corrected chi connectivity index (χ1v) is 12.0. The number of likely N-dealkylation sites (tertiary alicyclic amines) is 1. The molecule has 7 rings (SSSR count). The highest BCUT2D eigenvalue weighted by molar-refractivity contribution is 6.04. The number of aromatic nitrogens is 2. The minimum Gasteiger partial charge on any atom is -0.394 e. The number of alkyl halides is 3. The van der Waals surface area contributed by atoms with Crippen LogP contribution in [0.3, 0.4) is 0 Å². The van der Waals surface area contributed by atoms with Gasteiger partial charge in [0.05, 0.1) is 23.6 Å². The second-order valence-electron chi connectivity index (χ2n) is 10.9. The zero-order chi connectivity index (χ0) is 25.6. The standard InChI is InChI=1S/C24H26F3N5O4/c25-24(26,27)23-9-22(10-23,11-23)17(8-33)29-21(36)16-6-12-5-15(12)32(16)18(34)7-31-14-4-2-1-3-13(14)19(30-31)20(28)35/h1-4,12,15-17,33H,5-11H2,(H2,28,35)(H,29,36)/t12-,15-,16+,17?,22?,23?/m1/s1. The number of fused-ring (bicyclic) bond motifs is 2. The van der Waals surface area contributed by atoms with Gasteiger partial charge in [-0.1, -0.05) is 18.2 Å². The lowest BCUT2D eigenvalue weighted by molar-refractivity contribution is -0.370. The molecule has 0 radical (unpaired) electrons. The first-order valence-electron chi connectivity index (χ1n) is 12.0. The molecule has 2 aromatic rings. The number of hydrogen-bond donors (Lipinski definition) is 3. The van der Waals surface area contributed by atoms with E-state index in [-0.39, 0.29) is 49.4 Å². The molecule has 4 N–H and O–H groups in total. The number of nitrogens with zero attached hydrogens (tertiary/aromatic N) is 3. The van der Waals surface area contributed by atoms with Crippen LogP contribution in [0.1, 0.15) is 42.6 Å². The van der Waals surface area contributed by atoms with Crippen LogP contribution < -0.4 is 11.1 Å². The average Bonchev–Trinajstić information content (AvgIpc) is 3.25. The molecule has 1 aromatic carbocycles. The summed E-state index contributed by atoms with van der Waals surface area (Å²) in [5.74, 6) is -1.32. The van der Waals surface area contributed by atoms with E-state index >= 15 is 0 Å². The normalized spacial score (nSPS) is 32.9. The summed E-state index contributed by atoms with van der Waals surface area (Å²) in [6.45, 7) is -0.648. The van der Waals surface area contributed by atoms with E-state index in [9.17, 15) is 32.7 Å². The predicted molar refractivity (Wildman–Crippen MR) is 119 cm³/mol. The Labute approximate surface area is 203 Å². The monoisotopic (exact) mass is 505 g/mol. The first-order chi connectivity index (χ1) is 17.0. The smallest absolute Gasteiger partial charge is 0.394 e. The zero-order valence-electron chi connectivity index (χ0n) is 19.3. The summed E-state index contributed by atoms with van der Waals surface area (Å²) in [6, 6.07) is 5.27. The molecule has 5 fully saturated rings. The quantitative estimate of drug-likeness (QED) is 0.523. The number of carbonyl (C=O) groups is 3. The number of amides is 3. The number of benzene rings is 1. The number of piperidine rings is 1. The van der Waals surface area contributed by atoms with Crippen molar-refractivity contribution in [1.29, 1.82) is 0 Å². The van der Waals surface area contributed by atoms with Crippen LogP contribution in [-0.4, -0.2) is 68.4 Å². The van der Waals surface area contributed by atoms with E-state index in [1.165, 1.54) is 9.58 Å². The molecule has 36 heavy (non-hydrogen) atoms. The van der Waals surface area contributed by atoms with Gasteiger partial charge in [-0.2, -0.15) is 18.3 Å². The Morgan fingerprint density at radius 2 is 1.89 bits per heavy atom. The molecular formula is C24H26F3N5O4. The first kappa shape index (κ1) is 23.3. The molecule has 4 saturated carbocycles. The summed E-state index contributed by atoms with van der Waals surface area (Å²) in [5, 5.41) is 17.4. The van der Waals surface area contributed by atoms with Crippen LogP contribution in [-0.2, 0) is 16.1 Å². The fourth-order valence-electron chi connectivity index (χ4n) is 6.89. The van der Waals surface area contributed by atoms with E-state index < -0.39 is 47.5 Å². The van der Waals surface area contributed by atoms with Crippen LogP contribution in [0, 0.1) is 16.7 Å². The minimum atomic E-state index is -4.28. The number of nitrogens with one attached hydrogen (secondary N) is 1. The molecular weight excluding hydrogens is 479 g/mol. The third kappa shape index (κ3) is 3.19. The molecule has 3 amide bonds. The van der Waals surface area contributed by atoms with Crippen molar-refractivity contribution in [3.63, 3.8) is 0 Å². The van der Waals surface area contributed by atoms with Crippen LogP contribution >= 0.6 is 0 Å². The Morgan fingerprint density at radius 1 is 1.19 bits per heavy atom. The highest BCUT2D eigenvalue weighted by atomic mass is 19.4. The van der Waals surface area contributed by atoms with Gasteiger partial charge in [0, 0.05) is 11.4 Å². The Bertz CT molecular complexity index is 1270. The largest absolute Gasteiger partial charge is 0.394 e. The fourth-order valence-corrected chi connectivity index (χ4v) is 6.89. The number of carbonyl (C=O) groups excluding carboxylic acids is 3. The lowest BCUT2D eigenvalue weighted by atomic mass is 9.33. The summed E-state index contributed by atoms with van der Waals surface area (Å²) in [4.78, 5) is 39.9. The van der Waals surface area contributed by atoms with E-state index in [0.717, 1.165) is 6.42 Å². The summed E-state index contributed by atoms with van der Waals surface area (Å²) in [5.41, 5.74) is 3.63. The Balaban J connectivity index is 1.17. The van der Waals surface area contributed by atoms with E-state index in [2.05, 4.69) is 10.4 Å². The highest BCUT2D eigenvalue weighted by Gasteiger charge is 2.80. The van der Waals surface area contributed by atoms with Gasteiger partial charge in [-0.15, -0.1) is 0 Å². The minimum absolute atomic E-state index is 0.0550. The van der Waals surface area contributed by atoms with Crippen molar-refractivity contribution in [2.45, 2.75) is 63.0 Å². The van der Waals surface area contributed by atoms with Gasteiger partial charge in [-0.25, -0.2) is 0 Å². The Kier molecular flexibility index (Phi) is 4.80. The van der Waals surface area contributed by atoms with Gasteiger partial charge in [0.25, 0.3) is 5.91 Å². The van der Waals surface area contributed by atoms with Gasteiger partial charge in [0.2, 0.25) is 11.8 Å². The number of nitrogens with two attached hydrogens (primary N) is 1. The summed E-state index contributed by atoms with van der Waals surface area (Å²) >= 11 is 0. The molecule has 1 aromatic heterocycles. The van der Waals surface area contributed by atoms with Crippen LogP contribution in [0.4, 0.5) is 13.2 Å². The molecule has 1 unspecified atom stereocenters. The average molecular weight is 505 g/mol. The highest BCUT2D eigenvalue weighted by Crippen LogP contribution is 2.79. The van der Waals surface area contributed by atoms with E-state index in [0.29, 0.717) is 17.3 Å². The fraction of sp³-hybridized carbons (Fsp3) is 0.583. The van der Waals surface area contributed by atoms with Crippen molar-refractivity contribution in [3.8, 4) is 0 Å². The van der Waals surface area contributed by atoms with Gasteiger partial charge in [0.15, 0.2) is 5.69 Å². The number of primary amides is 1. The number of aliphatic hydroxyl groups excluding tert-OH is 1. The maximum absolute atomic E-state index is 13.4. The molecule has 0 spiro atoms. The SMILES string of the molecule is NC(=O)c1nn(CC(=O)N2[C@@H]3C[C@@H]3C[C@H]2C(=O)NC(CO)C23CC(C(F)(F)F)(C2)C3)c2ccccc12. The molecule has 4 atom stereocenters. The van der Waals surface area contributed by atoms with Gasteiger partial charge in [-0.05, 0) is 49.5 Å². The predicted octanol–water partition coefficient (Wildman–Crippen LogP) is 1.33. The van der Waals surface area contributed by atoms with Crippen molar-refractivity contribution >= 4 is 28.6 Å². The van der Waals surface area contributed by atoms with Gasteiger partial charge in [0.1, 0.15) is 12.6 Å². The third-order valence-corrected chi connectivity index (χ3v) is 8.78. The maximum atomic E-state index is 13.4. The van der Waals surface area contributed by atoms with Crippen molar-refractivity contribution in [2.24, 2.45) is 22.5 Å². The summed E-state index contributed by atoms with van der Waals surface area (Å²) in [7, 11) is 0.